The summed E-state index contributed by atoms with van der Waals surface area (Å²) in [6.45, 7) is 5.58. The number of nitrogens with zero attached hydrogens (tertiary/aromatic N) is 2. The molecule has 1 heterocycles. The van der Waals surface area contributed by atoms with Gasteiger partial charge in [0.25, 0.3) is 5.69 Å². The molecule has 1 unspecified atom stereocenters. The van der Waals surface area contributed by atoms with E-state index in [1.807, 2.05) is 12.1 Å². The molecule has 2 aromatic rings. The quantitative estimate of drug-likeness (QED) is 0.504. The molecule has 2 aromatic carbocycles. The highest BCUT2D eigenvalue weighted by molar-refractivity contribution is 5.73. The maximum absolute atomic E-state index is 11.5. The number of carbonyl (C=O) groups is 1. The SMILES string of the molecule is CC(C)(CN1CCCC1c1ccc(NCc2ccc([N+](=O)[O-])cc2)cc1)C(=O)O. The van der Waals surface area contributed by atoms with Gasteiger partial charge in [0.2, 0.25) is 0 Å². The summed E-state index contributed by atoms with van der Waals surface area (Å²) in [5.74, 6) is -0.769. The van der Waals surface area contributed by atoms with Gasteiger partial charge in [-0.3, -0.25) is 19.8 Å². The number of hydrogen-bond donors (Lipinski definition) is 2. The molecule has 3 rings (SSSR count). The van der Waals surface area contributed by atoms with Gasteiger partial charge in [0.1, 0.15) is 0 Å². The average Bonchev–Trinajstić information content (AvgIpc) is 3.14. The molecule has 0 bridgehead atoms. The van der Waals surface area contributed by atoms with E-state index in [0.717, 1.165) is 30.6 Å². The van der Waals surface area contributed by atoms with Crippen LogP contribution in [0.4, 0.5) is 11.4 Å². The standard InChI is InChI=1S/C22H27N3O4/c1-22(2,21(26)27)15-24-13-3-4-20(24)17-7-9-18(10-8-17)23-14-16-5-11-19(12-6-16)25(28)29/h5-12,20,23H,3-4,13-15H2,1-2H3,(H,26,27). The zero-order valence-electron chi connectivity index (χ0n) is 16.8. The predicted molar refractivity (Wildman–Crippen MR) is 112 cm³/mol. The zero-order valence-corrected chi connectivity index (χ0v) is 16.8. The monoisotopic (exact) mass is 397 g/mol. The van der Waals surface area contributed by atoms with Crippen LogP contribution < -0.4 is 5.32 Å². The van der Waals surface area contributed by atoms with E-state index in [-0.39, 0.29) is 11.7 Å². The lowest BCUT2D eigenvalue weighted by atomic mass is 9.92. The van der Waals surface area contributed by atoms with Crippen LogP contribution in [-0.4, -0.2) is 34.0 Å². The van der Waals surface area contributed by atoms with Crippen molar-refractivity contribution < 1.29 is 14.8 Å². The van der Waals surface area contributed by atoms with Crippen LogP contribution in [0.5, 0.6) is 0 Å². The smallest absolute Gasteiger partial charge is 0.310 e. The maximum Gasteiger partial charge on any atom is 0.310 e. The summed E-state index contributed by atoms with van der Waals surface area (Å²) in [5.41, 5.74) is 2.46. The molecule has 1 fully saturated rings. The topological polar surface area (TPSA) is 95.7 Å². The van der Waals surface area contributed by atoms with Gasteiger partial charge in [-0.1, -0.05) is 24.3 Å². The van der Waals surface area contributed by atoms with Gasteiger partial charge >= 0.3 is 5.97 Å². The highest BCUT2D eigenvalue weighted by Crippen LogP contribution is 2.35. The lowest BCUT2D eigenvalue weighted by molar-refractivity contribution is -0.384. The van der Waals surface area contributed by atoms with Crippen molar-refractivity contribution in [3.05, 3.63) is 69.8 Å². The van der Waals surface area contributed by atoms with E-state index in [1.165, 1.54) is 17.7 Å². The van der Waals surface area contributed by atoms with Crippen LogP contribution >= 0.6 is 0 Å². The van der Waals surface area contributed by atoms with Gasteiger partial charge < -0.3 is 10.4 Å². The third kappa shape index (κ3) is 5.12. The summed E-state index contributed by atoms with van der Waals surface area (Å²) in [6.07, 6.45) is 2.10. The molecule has 0 aliphatic carbocycles. The Morgan fingerprint density at radius 2 is 1.86 bits per heavy atom. The molecule has 1 aliphatic heterocycles. The average molecular weight is 397 g/mol. The van der Waals surface area contributed by atoms with Crippen LogP contribution in [0.15, 0.2) is 48.5 Å². The number of anilines is 1. The molecule has 2 N–H and O–H groups in total. The van der Waals surface area contributed by atoms with Gasteiger partial charge in [-0.15, -0.1) is 0 Å². The van der Waals surface area contributed by atoms with Crippen molar-refractivity contribution in [2.24, 2.45) is 5.41 Å². The minimum absolute atomic E-state index is 0.0882. The Morgan fingerprint density at radius 1 is 1.21 bits per heavy atom. The zero-order chi connectivity index (χ0) is 21.0. The molecular formula is C22H27N3O4. The highest BCUT2D eigenvalue weighted by atomic mass is 16.6. The van der Waals surface area contributed by atoms with Crippen LogP contribution in [0.3, 0.4) is 0 Å². The van der Waals surface area contributed by atoms with Crippen LogP contribution in [0.1, 0.15) is 43.9 Å². The molecule has 1 aliphatic rings. The summed E-state index contributed by atoms with van der Waals surface area (Å²) < 4.78 is 0. The molecule has 0 aromatic heterocycles. The summed E-state index contributed by atoms with van der Waals surface area (Å²) in [4.78, 5) is 24.1. The largest absolute Gasteiger partial charge is 0.481 e. The second kappa shape index (κ2) is 8.61. The second-order valence-electron chi connectivity index (χ2n) is 8.22. The number of aliphatic carboxylic acids is 1. The lowest BCUT2D eigenvalue weighted by Gasteiger charge is -2.31. The second-order valence-corrected chi connectivity index (χ2v) is 8.22. The van der Waals surface area contributed by atoms with E-state index in [2.05, 4.69) is 22.3 Å². The van der Waals surface area contributed by atoms with Crippen LogP contribution in [0, 0.1) is 15.5 Å². The number of rotatable bonds is 8. The van der Waals surface area contributed by atoms with Gasteiger partial charge in [0.05, 0.1) is 10.3 Å². The number of benzene rings is 2. The number of carboxylic acids is 1. The molecule has 7 heteroatoms. The van der Waals surface area contributed by atoms with E-state index < -0.39 is 16.3 Å². The van der Waals surface area contributed by atoms with Crippen molar-refractivity contribution in [1.82, 2.24) is 4.90 Å². The van der Waals surface area contributed by atoms with Gasteiger partial charge in [0, 0.05) is 37.0 Å². The van der Waals surface area contributed by atoms with E-state index in [0.29, 0.717) is 13.1 Å². The van der Waals surface area contributed by atoms with Crippen LogP contribution in [0.25, 0.3) is 0 Å². The number of nitrogens with one attached hydrogen (secondary N) is 1. The first-order chi connectivity index (χ1) is 13.8. The van der Waals surface area contributed by atoms with Crippen molar-refractivity contribution in [2.45, 2.75) is 39.3 Å². The number of nitro benzene ring substituents is 1. The fourth-order valence-corrected chi connectivity index (χ4v) is 3.73. The normalized spacial score (nSPS) is 17.2. The molecule has 1 saturated heterocycles. The van der Waals surface area contributed by atoms with Crippen molar-refractivity contribution in [1.29, 1.82) is 0 Å². The molecule has 154 valence electrons. The lowest BCUT2D eigenvalue weighted by Crippen LogP contribution is -2.38. The predicted octanol–water partition coefficient (Wildman–Crippen LogP) is 4.45. The summed E-state index contributed by atoms with van der Waals surface area (Å²) in [5, 5.41) is 23.5. The Kier molecular flexibility index (Phi) is 6.17. The highest BCUT2D eigenvalue weighted by Gasteiger charge is 2.35. The number of likely N-dealkylation sites (tertiary alicyclic amines) is 1. The summed E-state index contributed by atoms with van der Waals surface area (Å²) in [6, 6.07) is 15.0. The molecule has 0 amide bonds. The van der Waals surface area contributed by atoms with Crippen LogP contribution in [-0.2, 0) is 11.3 Å². The first-order valence-corrected chi connectivity index (χ1v) is 9.81. The van der Waals surface area contributed by atoms with Crippen LogP contribution in [0.2, 0.25) is 0 Å². The van der Waals surface area contributed by atoms with Crippen molar-refractivity contribution in [3.8, 4) is 0 Å². The Labute approximate surface area is 170 Å². The summed E-state index contributed by atoms with van der Waals surface area (Å²) in [7, 11) is 0. The van der Waals surface area contributed by atoms with Gasteiger partial charge in [0.15, 0.2) is 0 Å². The fourth-order valence-electron chi connectivity index (χ4n) is 3.73. The fraction of sp³-hybridized carbons (Fsp3) is 0.409. The van der Waals surface area contributed by atoms with Gasteiger partial charge in [-0.2, -0.15) is 0 Å². The Bertz CT molecular complexity index is 863. The van der Waals surface area contributed by atoms with Gasteiger partial charge in [-0.05, 0) is 56.5 Å². The van der Waals surface area contributed by atoms with E-state index >= 15 is 0 Å². The number of nitro groups is 1. The number of non-ortho nitro benzene ring substituents is 1. The molecule has 29 heavy (non-hydrogen) atoms. The summed E-state index contributed by atoms with van der Waals surface area (Å²) >= 11 is 0. The number of hydrogen-bond acceptors (Lipinski definition) is 5. The first-order valence-electron chi connectivity index (χ1n) is 9.81. The molecule has 0 saturated carbocycles. The molecular weight excluding hydrogens is 370 g/mol. The van der Waals surface area contributed by atoms with E-state index in [4.69, 9.17) is 0 Å². The Morgan fingerprint density at radius 3 is 2.45 bits per heavy atom. The molecule has 0 spiro atoms. The van der Waals surface area contributed by atoms with Crippen molar-refractivity contribution >= 4 is 17.3 Å². The van der Waals surface area contributed by atoms with Crippen molar-refractivity contribution in [2.75, 3.05) is 18.4 Å². The minimum Gasteiger partial charge on any atom is -0.481 e. The molecule has 1 atom stereocenters. The third-order valence-corrected chi connectivity index (χ3v) is 5.48. The maximum atomic E-state index is 11.5. The molecule has 0 radical (unpaired) electrons. The van der Waals surface area contributed by atoms with Crippen molar-refractivity contribution in [3.63, 3.8) is 0 Å². The Hall–Kier alpha value is -2.93. The molecule has 7 nitrogen and oxygen atoms in total. The first kappa shape index (κ1) is 20.8. The number of carboxylic acid groups (broad SMARTS) is 1. The van der Waals surface area contributed by atoms with E-state index in [1.54, 1.807) is 26.0 Å². The van der Waals surface area contributed by atoms with E-state index in [9.17, 15) is 20.0 Å². The minimum atomic E-state index is -0.769. The third-order valence-electron chi connectivity index (χ3n) is 5.48. The Balaban J connectivity index is 1.60. The van der Waals surface area contributed by atoms with Gasteiger partial charge in [-0.25, -0.2) is 0 Å².